The van der Waals surface area contributed by atoms with E-state index in [9.17, 15) is 13.2 Å². The van der Waals surface area contributed by atoms with Gasteiger partial charge in [-0.15, -0.1) is 0 Å². The lowest BCUT2D eigenvalue weighted by atomic mass is 10.1. The van der Waals surface area contributed by atoms with Gasteiger partial charge < -0.3 is 11.1 Å². The first-order valence-corrected chi connectivity index (χ1v) is 8.25. The predicted molar refractivity (Wildman–Crippen MR) is 83.4 cm³/mol. The van der Waals surface area contributed by atoms with Crippen LogP contribution in [-0.2, 0) is 14.8 Å². The Balaban J connectivity index is 2.81. The molecule has 0 aromatic heterocycles. The van der Waals surface area contributed by atoms with E-state index in [0.717, 1.165) is 5.56 Å². The van der Waals surface area contributed by atoms with Gasteiger partial charge in [-0.05, 0) is 43.0 Å². The largest absolute Gasteiger partial charge is 0.398 e. The van der Waals surface area contributed by atoms with E-state index in [-0.39, 0.29) is 17.3 Å². The van der Waals surface area contributed by atoms with Gasteiger partial charge >= 0.3 is 0 Å². The van der Waals surface area contributed by atoms with Crippen molar-refractivity contribution in [3.05, 3.63) is 23.3 Å². The Labute approximate surface area is 126 Å². The molecule has 0 spiro atoms. The molecule has 0 saturated carbocycles. The number of rotatable bonds is 6. The van der Waals surface area contributed by atoms with Gasteiger partial charge in [0.25, 0.3) is 0 Å². The maximum Gasteiger partial charge on any atom is 0.241 e. The fourth-order valence-electron chi connectivity index (χ4n) is 1.75. The van der Waals surface area contributed by atoms with Crippen molar-refractivity contribution in [2.75, 3.05) is 18.8 Å². The van der Waals surface area contributed by atoms with Gasteiger partial charge in [0.2, 0.25) is 15.9 Å². The van der Waals surface area contributed by atoms with E-state index in [1.54, 1.807) is 26.0 Å². The Morgan fingerprint density at radius 1 is 1.29 bits per heavy atom. The minimum Gasteiger partial charge on any atom is -0.398 e. The van der Waals surface area contributed by atoms with E-state index < -0.39 is 10.0 Å². The van der Waals surface area contributed by atoms with Crippen LogP contribution in [0.4, 0.5) is 5.69 Å². The van der Waals surface area contributed by atoms with Crippen LogP contribution in [-0.4, -0.2) is 27.4 Å². The van der Waals surface area contributed by atoms with Crippen LogP contribution in [0.3, 0.4) is 0 Å². The van der Waals surface area contributed by atoms with E-state index >= 15 is 0 Å². The van der Waals surface area contributed by atoms with Crippen LogP contribution in [0.2, 0.25) is 0 Å². The van der Waals surface area contributed by atoms with Gasteiger partial charge in [0.05, 0.1) is 11.4 Å². The van der Waals surface area contributed by atoms with Gasteiger partial charge in [0.1, 0.15) is 0 Å². The summed E-state index contributed by atoms with van der Waals surface area (Å²) in [6.07, 6.45) is 0. The molecule has 0 fully saturated rings. The molecule has 6 nitrogen and oxygen atoms in total. The first-order chi connectivity index (χ1) is 9.63. The van der Waals surface area contributed by atoms with Gasteiger partial charge in [-0.2, -0.15) is 0 Å². The maximum atomic E-state index is 12.3. The van der Waals surface area contributed by atoms with Crippen LogP contribution in [0.25, 0.3) is 0 Å². The summed E-state index contributed by atoms with van der Waals surface area (Å²) in [6.45, 7) is 7.55. The molecule has 0 atom stereocenters. The van der Waals surface area contributed by atoms with Crippen LogP contribution >= 0.6 is 0 Å². The van der Waals surface area contributed by atoms with E-state index in [1.165, 1.54) is 0 Å². The molecule has 118 valence electrons. The van der Waals surface area contributed by atoms with Crippen LogP contribution in [0.5, 0.6) is 0 Å². The van der Waals surface area contributed by atoms with Gasteiger partial charge in [0, 0.05) is 12.2 Å². The topological polar surface area (TPSA) is 101 Å². The zero-order chi connectivity index (χ0) is 16.2. The minimum atomic E-state index is -3.76. The fraction of sp³-hybridized carbons (Fsp3) is 0.500. The van der Waals surface area contributed by atoms with Crippen LogP contribution in [0, 0.1) is 19.8 Å². The SMILES string of the molecule is Cc1cc(N)c(C)c(S(=O)(=O)NCC(=O)NCC(C)C)c1. The van der Waals surface area contributed by atoms with Gasteiger partial charge in [-0.3, -0.25) is 4.79 Å². The standard InChI is InChI=1S/C14H23N3O3S/c1-9(2)7-16-14(18)8-17-21(19,20)13-6-10(3)5-12(15)11(13)4/h5-6,9,17H,7-8,15H2,1-4H3,(H,16,18). The average molecular weight is 313 g/mol. The summed E-state index contributed by atoms with van der Waals surface area (Å²) in [6, 6.07) is 3.25. The number of carbonyl (C=O) groups is 1. The van der Waals surface area contributed by atoms with E-state index in [1.807, 2.05) is 13.8 Å². The molecule has 1 amide bonds. The lowest BCUT2D eigenvalue weighted by Gasteiger charge is -2.12. The highest BCUT2D eigenvalue weighted by atomic mass is 32.2. The molecular formula is C14H23N3O3S. The minimum absolute atomic E-state index is 0.108. The zero-order valence-corrected chi connectivity index (χ0v) is 13.7. The highest BCUT2D eigenvalue weighted by Gasteiger charge is 2.19. The average Bonchev–Trinajstić information content (AvgIpc) is 2.38. The van der Waals surface area contributed by atoms with E-state index in [2.05, 4.69) is 10.0 Å². The summed E-state index contributed by atoms with van der Waals surface area (Å²) in [5.74, 6) is -0.0464. The Hall–Kier alpha value is -1.60. The second kappa shape index (κ2) is 6.91. The van der Waals surface area contributed by atoms with E-state index in [0.29, 0.717) is 23.7 Å². The van der Waals surface area contributed by atoms with Crippen molar-refractivity contribution in [2.24, 2.45) is 5.92 Å². The monoisotopic (exact) mass is 313 g/mol. The molecule has 0 radical (unpaired) electrons. The number of hydrogen-bond acceptors (Lipinski definition) is 4. The number of carbonyl (C=O) groups excluding carboxylic acids is 1. The molecule has 0 aliphatic heterocycles. The molecule has 0 aliphatic rings. The van der Waals surface area contributed by atoms with Gasteiger partial charge in [-0.25, -0.2) is 13.1 Å². The van der Waals surface area contributed by atoms with Crippen molar-refractivity contribution in [2.45, 2.75) is 32.6 Å². The zero-order valence-electron chi connectivity index (χ0n) is 12.9. The number of hydrogen-bond donors (Lipinski definition) is 3. The Bertz CT molecular complexity index is 625. The number of sulfonamides is 1. The molecule has 1 aromatic rings. The summed E-state index contributed by atoms with van der Waals surface area (Å²) in [7, 11) is -3.76. The van der Waals surface area contributed by atoms with Crippen molar-refractivity contribution >= 4 is 21.6 Å². The normalized spacial score (nSPS) is 11.7. The third kappa shape index (κ3) is 5.02. The smallest absolute Gasteiger partial charge is 0.241 e. The molecule has 1 rings (SSSR count). The summed E-state index contributed by atoms with van der Waals surface area (Å²) in [5, 5.41) is 2.65. The number of amides is 1. The number of benzene rings is 1. The Kier molecular flexibility index (Phi) is 5.74. The predicted octanol–water partition coefficient (Wildman–Crippen LogP) is 0.936. The Morgan fingerprint density at radius 2 is 1.90 bits per heavy atom. The highest BCUT2D eigenvalue weighted by Crippen LogP contribution is 2.22. The third-order valence-electron chi connectivity index (χ3n) is 2.96. The quantitative estimate of drug-likeness (QED) is 0.680. The lowest BCUT2D eigenvalue weighted by Crippen LogP contribution is -2.38. The molecule has 4 N–H and O–H groups in total. The first-order valence-electron chi connectivity index (χ1n) is 6.76. The summed E-state index contributed by atoms with van der Waals surface area (Å²) >= 11 is 0. The van der Waals surface area contributed by atoms with Crippen LogP contribution in [0.15, 0.2) is 17.0 Å². The van der Waals surface area contributed by atoms with Crippen molar-refractivity contribution in [1.82, 2.24) is 10.0 Å². The van der Waals surface area contributed by atoms with Crippen molar-refractivity contribution in [3.63, 3.8) is 0 Å². The molecular weight excluding hydrogens is 290 g/mol. The van der Waals surface area contributed by atoms with Crippen LogP contribution < -0.4 is 15.8 Å². The number of aryl methyl sites for hydroxylation is 1. The molecule has 0 saturated heterocycles. The summed E-state index contributed by atoms with van der Waals surface area (Å²) < 4.78 is 26.8. The molecule has 0 aliphatic carbocycles. The van der Waals surface area contributed by atoms with Gasteiger partial charge in [-0.1, -0.05) is 13.8 Å². The van der Waals surface area contributed by atoms with Crippen molar-refractivity contribution in [1.29, 1.82) is 0 Å². The lowest BCUT2D eigenvalue weighted by molar-refractivity contribution is -0.120. The first kappa shape index (κ1) is 17.5. The summed E-state index contributed by atoms with van der Waals surface area (Å²) in [4.78, 5) is 11.7. The molecule has 0 bridgehead atoms. The molecule has 1 aromatic carbocycles. The number of nitrogens with two attached hydrogens (primary N) is 1. The van der Waals surface area contributed by atoms with Crippen LogP contribution in [0.1, 0.15) is 25.0 Å². The Morgan fingerprint density at radius 3 is 2.48 bits per heavy atom. The van der Waals surface area contributed by atoms with Crippen molar-refractivity contribution < 1.29 is 13.2 Å². The highest BCUT2D eigenvalue weighted by molar-refractivity contribution is 7.89. The maximum absolute atomic E-state index is 12.3. The summed E-state index contributed by atoms with van der Waals surface area (Å²) in [5.41, 5.74) is 7.43. The number of anilines is 1. The second-order valence-electron chi connectivity index (χ2n) is 5.50. The molecule has 0 heterocycles. The molecule has 0 unspecified atom stereocenters. The third-order valence-corrected chi connectivity index (χ3v) is 4.49. The second-order valence-corrected chi connectivity index (χ2v) is 7.24. The number of nitrogen functional groups attached to an aromatic ring is 1. The molecule has 7 heteroatoms. The number of nitrogens with one attached hydrogen (secondary N) is 2. The van der Waals surface area contributed by atoms with Crippen molar-refractivity contribution in [3.8, 4) is 0 Å². The fourth-order valence-corrected chi connectivity index (χ4v) is 3.09. The van der Waals surface area contributed by atoms with E-state index in [4.69, 9.17) is 5.73 Å². The molecule has 21 heavy (non-hydrogen) atoms. The van der Waals surface area contributed by atoms with Gasteiger partial charge in [0.15, 0.2) is 0 Å².